The average molecular weight is 320 g/mol. The Bertz CT molecular complexity index is 666. The average Bonchev–Trinajstić information content (AvgIpc) is 3.02. The molecule has 0 aliphatic rings. The van der Waals surface area contributed by atoms with Gasteiger partial charge in [0.1, 0.15) is 17.8 Å². The fraction of sp³-hybridized carbons (Fsp3) is 0.375. The molecule has 0 aliphatic carbocycles. The van der Waals surface area contributed by atoms with Crippen LogP contribution in [0.3, 0.4) is 0 Å². The molecule has 0 fully saturated rings. The van der Waals surface area contributed by atoms with Gasteiger partial charge in [-0.2, -0.15) is 0 Å². The first kappa shape index (κ1) is 16.8. The number of amides is 1. The standard InChI is InChI=1S/C16H20N2O5/c1-16(2,10-19)18-15(20)13-8-23-14(17-13)9-22-12-6-4-5-11(7-12)21-3/h4-8,19H,9-10H2,1-3H3,(H,18,20). The van der Waals surface area contributed by atoms with Crippen molar-refractivity contribution in [3.05, 3.63) is 42.1 Å². The number of carbonyl (C=O) groups is 1. The van der Waals surface area contributed by atoms with Gasteiger partial charge in [0.15, 0.2) is 12.3 Å². The smallest absolute Gasteiger partial charge is 0.273 e. The number of nitrogens with zero attached hydrogens (tertiary/aromatic N) is 1. The molecule has 23 heavy (non-hydrogen) atoms. The Hall–Kier alpha value is -2.54. The first-order valence-electron chi connectivity index (χ1n) is 7.08. The third-order valence-electron chi connectivity index (χ3n) is 3.04. The van der Waals surface area contributed by atoms with Crippen LogP contribution < -0.4 is 14.8 Å². The monoisotopic (exact) mass is 320 g/mol. The van der Waals surface area contributed by atoms with Gasteiger partial charge in [0, 0.05) is 6.07 Å². The first-order valence-corrected chi connectivity index (χ1v) is 7.08. The molecule has 7 nitrogen and oxygen atoms in total. The second kappa shape index (κ2) is 7.15. The number of aliphatic hydroxyl groups is 1. The lowest BCUT2D eigenvalue weighted by Crippen LogP contribution is -2.46. The van der Waals surface area contributed by atoms with Gasteiger partial charge in [-0.25, -0.2) is 4.98 Å². The molecule has 0 unspecified atom stereocenters. The van der Waals surface area contributed by atoms with Crippen molar-refractivity contribution in [1.29, 1.82) is 0 Å². The van der Waals surface area contributed by atoms with Gasteiger partial charge in [-0.1, -0.05) is 6.07 Å². The Morgan fingerprint density at radius 3 is 2.83 bits per heavy atom. The second-order valence-electron chi connectivity index (χ2n) is 5.59. The van der Waals surface area contributed by atoms with Crippen LogP contribution in [0.4, 0.5) is 0 Å². The maximum atomic E-state index is 12.0. The highest BCUT2D eigenvalue weighted by atomic mass is 16.5. The summed E-state index contributed by atoms with van der Waals surface area (Å²) in [5.74, 6) is 1.15. The van der Waals surface area contributed by atoms with Gasteiger partial charge in [-0.05, 0) is 26.0 Å². The third-order valence-corrected chi connectivity index (χ3v) is 3.04. The van der Waals surface area contributed by atoms with Crippen molar-refractivity contribution in [3.8, 4) is 11.5 Å². The Labute approximate surface area is 134 Å². The van der Waals surface area contributed by atoms with Crippen LogP contribution in [0, 0.1) is 0 Å². The minimum atomic E-state index is -0.729. The summed E-state index contributed by atoms with van der Waals surface area (Å²) in [6, 6.07) is 7.13. The number of hydrogen-bond donors (Lipinski definition) is 2. The number of carbonyl (C=O) groups excluding carboxylic acids is 1. The predicted molar refractivity (Wildman–Crippen MR) is 82.5 cm³/mol. The van der Waals surface area contributed by atoms with Crippen LogP contribution in [0.2, 0.25) is 0 Å². The van der Waals surface area contributed by atoms with Gasteiger partial charge < -0.3 is 24.3 Å². The quantitative estimate of drug-likeness (QED) is 0.807. The van der Waals surface area contributed by atoms with E-state index in [4.69, 9.17) is 19.0 Å². The lowest BCUT2D eigenvalue weighted by Gasteiger charge is -2.22. The van der Waals surface area contributed by atoms with Crippen molar-refractivity contribution in [3.63, 3.8) is 0 Å². The molecule has 0 saturated heterocycles. The van der Waals surface area contributed by atoms with Gasteiger partial charge in [0.2, 0.25) is 5.89 Å². The molecule has 0 radical (unpaired) electrons. The summed E-state index contributed by atoms with van der Waals surface area (Å²) >= 11 is 0. The maximum absolute atomic E-state index is 12.0. The van der Waals surface area contributed by atoms with E-state index in [9.17, 15) is 4.79 Å². The summed E-state index contributed by atoms with van der Waals surface area (Å²) in [7, 11) is 1.58. The maximum Gasteiger partial charge on any atom is 0.273 e. The van der Waals surface area contributed by atoms with Crippen molar-refractivity contribution >= 4 is 5.91 Å². The van der Waals surface area contributed by atoms with E-state index in [2.05, 4.69) is 10.3 Å². The zero-order valence-corrected chi connectivity index (χ0v) is 13.3. The molecule has 2 rings (SSSR count). The van der Waals surface area contributed by atoms with Crippen LogP contribution in [0.25, 0.3) is 0 Å². The minimum absolute atomic E-state index is 0.0871. The third kappa shape index (κ3) is 4.72. The van der Waals surface area contributed by atoms with Crippen LogP contribution in [0.1, 0.15) is 30.2 Å². The zero-order chi connectivity index (χ0) is 16.9. The normalized spacial score (nSPS) is 11.1. The van der Waals surface area contributed by atoms with Crippen molar-refractivity contribution in [2.75, 3.05) is 13.7 Å². The highest BCUT2D eigenvalue weighted by molar-refractivity contribution is 5.92. The SMILES string of the molecule is COc1cccc(OCc2nc(C(=O)NC(C)(C)CO)co2)c1. The molecule has 0 aliphatic heterocycles. The molecule has 2 aromatic rings. The summed E-state index contributed by atoms with van der Waals surface area (Å²) in [4.78, 5) is 16.1. The molecular weight excluding hydrogens is 300 g/mol. The molecule has 0 spiro atoms. The van der Waals surface area contributed by atoms with Crippen LogP contribution in [0.15, 0.2) is 34.9 Å². The first-order chi connectivity index (χ1) is 10.9. The molecule has 124 valence electrons. The van der Waals surface area contributed by atoms with Crippen molar-refractivity contribution in [2.45, 2.75) is 26.0 Å². The van der Waals surface area contributed by atoms with Crippen LogP contribution in [-0.2, 0) is 6.61 Å². The lowest BCUT2D eigenvalue weighted by atomic mass is 10.1. The highest BCUT2D eigenvalue weighted by Gasteiger charge is 2.22. The zero-order valence-electron chi connectivity index (χ0n) is 13.3. The van der Waals surface area contributed by atoms with Gasteiger partial charge >= 0.3 is 0 Å². The fourth-order valence-electron chi connectivity index (χ4n) is 1.73. The summed E-state index contributed by atoms with van der Waals surface area (Å²) in [6.45, 7) is 3.32. The largest absolute Gasteiger partial charge is 0.497 e. The fourth-order valence-corrected chi connectivity index (χ4v) is 1.73. The summed E-state index contributed by atoms with van der Waals surface area (Å²) < 4.78 is 15.9. The van der Waals surface area contributed by atoms with Crippen LogP contribution in [0.5, 0.6) is 11.5 Å². The molecule has 0 saturated carbocycles. The molecule has 2 N–H and O–H groups in total. The van der Waals surface area contributed by atoms with Gasteiger partial charge in [-0.3, -0.25) is 4.79 Å². The highest BCUT2D eigenvalue weighted by Crippen LogP contribution is 2.19. The minimum Gasteiger partial charge on any atom is -0.497 e. The number of hydrogen-bond acceptors (Lipinski definition) is 6. The number of rotatable bonds is 7. The van der Waals surface area contributed by atoms with E-state index >= 15 is 0 Å². The number of nitrogens with one attached hydrogen (secondary N) is 1. The van der Waals surface area contributed by atoms with Crippen molar-refractivity contribution in [1.82, 2.24) is 10.3 Å². The van der Waals surface area contributed by atoms with E-state index in [0.29, 0.717) is 11.5 Å². The van der Waals surface area contributed by atoms with Gasteiger partial charge in [-0.15, -0.1) is 0 Å². The number of aromatic nitrogens is 1. The number of oxazole rings is 1. The lowest BCUT2D eigenvalue weighted by molar-refractivity contribution is 0.0864. The van der Waals surface area contributed by atoms with Crippen molar-refractivity contribution in [2.24, 2.45) is 0 Å². The molecule has 1 aromatic carbocycles. The van der Waals surface area contributed by atoms with Gasteiger partial charge in [0.25, 0.3) is 5.91 Å². The van der Waals surface area contributed by atoms with Crippen molar-refractivity contribution < 1.29 is 23.8 Å². The molecule has 1 aromatic heterocycles. The van der Waals surface area contributed by atoms with Crippen LogP contribution in [-0.4, -0.2) is 35.3 Å². The Balaban J connectivity index is 1.95. The van der Waals surface area contributed by atoms with Gasteiger partial charge in [0.05, 0.1) is 19.3 Å². The van der Waals surface area contributed by atoms with E-state index in [0.717, 1.165) is 0 Å². The number of methoxy groups -OCH3 is 1. The molecule has 1 heterocycles. The summed E-state index contributed by atoms with van der Waals surface area (Å²) in [6.07, 6.45) is 1.26. The Morgan fingerprint density at radius 2 is 2.13 bits per heavy atom. The summed E-state index contributed by atoms with van der Waals surface area (Å²) in [5, 5.41) is 11.8. The number of aliphatic hydroxyl groups excluding tert-OH is 1. The van der Waals surface area contributed by atoms with E-state index < -0.39 is 11.4 Å². The topological polar surface area (TPSA) is 93.8 Å². The van der Waals surface area contributed by atoms with E-state index in [1.54, 1.807) is 39.2 Å². The molecule has 0 bridgehead atoms. The molecule has 7 heteroatoms. The summed E-state index contributed by atoms with van der Waals surface area (Å²) in [5.41, 5.74) is -0.594. The molecule has 1 amide bonds. The predicted octanol–water partition coefficient (Wildman–Crippen LogP) is 1.76. The van der Waals surface area contributed by atoms with E-state index in [1.807, 2.05) is 6.07 Å². The molecular formula is C16H20N2O5. The number of benzene rings is 1. The molecule has 0 atom stereocenters. The Kier molecular flexibility index (Phi) is 5.23. The van der Waals surface area contributed by atoms with E-state index in [1.165, 1.54) is 6.26 Å². The van der Waals surface area contributed by atoms with E-state index in [-0.39, 0.29) is 24.8 Å². The number of ether oxygens (including phenoxy) is 2. The van der Waals surface area contributed by atoms with Crippen LogP contribution >= 0.6 is 0 Å². The second-order valence-corrected chi connectivity index (χ2v) is 5.59. The Morgan fingerprint density at radius 1 is 1.39 bits per heavy atom.